The molecule has 1 atom stereocenters. The minimum Gasteiger partial charge on any atom is -0.316 e. The Hall–Kier alpha value is -1.56. The lowest BCUT2D eigenvalue weighted by Gasteiger charge is -2.24. The van der Waals surface area contributed by atoms with E-state index >= 15 is 0 Å². The first-order valence-corrected chi connectivity index (χ1v) is 6.14. The molecule has 1 aromatic rings. The molecule has 3 rings (SSSR count). The zero-order chi connectivity index (χ0) is 13.6. The molecule has 19 heavy (non-hydrogen) atoms. The van der Waals surface area contributed by atoms with Gasteiger partial charge >= 0.3 is 0 Å². The van der Waals surface area contributed by atoms with Crippen LogP contribution in [-0.4, -0.2) is 29.3 Å². The average molecular weight is 270 g/mol. The number of nitrogens with zero attached hydrogens (tertiary/aromatic N) is 1. The summed E-state index contributed by atoms with van der Waals surface area (Å²) in [6, 6.07) is 5.69. The van der Waals surface area contributed by atoms with E-state index in [1.54, 1.807) is 6.07 Å². The number of halogens is 3. The number of amides is 1. The number of nitrogens with one attached hydrogen (secondary N) is 1. The minimum atomic E-state index is -2.60. The van der Waals surface area contributed by atoms with Gasteiger partial charge in [0.25, 0.3) is 6.43 Å². The molecule has 2 aliphatic rings. The number of benzene rings is 1. The summed E-state index contributed by atoms with van der Waals surface area (Å²) in [5.74, 6) is -0.748. The molecule has 1 N–H and O–H groups in total. The molecule has 0 bridgehead atoms. The topological polar surface area (TPSA) is 32.3 Å². The summed E-state index contributed by atoms with van der Waals surface area (Å²) in [6.07, 6.45) is -1.97. The van der Waals surface area contributed by atoms with Crippen molar-refractivity contribution < 1.29 is 18.0 Å². The van der Waals surface area contributed by atoms with Crippen LogP contribution in [0.2, 0.25) is 0 Å². The van der Waals surface area contributed by atoms with E-state index in [1.165, 1.54) is 18.2 Å². The van der Waals surface area contributed by atoms with Gasteiger partial charge in [-0.1, -0.05) is 12.1 Å². The Morgan fingerprint density at radius 2 is 2.16 bits per heavy atom. The fraction of sp³-hybridized carbons (Fsp3) is 0.462. The molecule has 1 saturated carbocycles. The summed E-state index contributed by atoms with van der Waals surface area (Å²) >= 11 is 0. The van der Waals surface area contributed by atoms with E-state index in [-0.39, 0.29) is 5.91 Å². The average Bonchev–Trinajstić information content (AvgIpc) is 3.08. The quantitative estimate of drug-likeness (QED) is 0.911. The second-order valence-corrected chi connectivity index (χ2v) is 5.03. The third-order valence-electron chi connectivity index (χ3n) is 3.64. The molecular formula is C13H13F3N2O. The number of hydrogen-bond acceptors (Lipinski definition) is 2. The van der Waals surface area contributed by atoms with Crippen molar-refractivity contribution in [2.75, 3.05) is 6.54 Å². The molecule has 1 heterocycles. The van der Waals surface area contributed by atoms with Gasteiger partial charge in [-0.25, -0.2) is 13.2 Å². The lowest BCUT2D eigenvalue weighted by molar-refractivity contribution is -0.132. The van der Waals surface area contributed by atoms with Crippen molar-refractivity contribution in [1.29, 1.82) is 0 Å². The molecule has 6 heteroatoms. The van der Waals surface area contributed by atoms with Crippen molar-refractivity contribution in [2.24, 2.45) is 0 Å². The van der Waals surface area contributed by atoms with Gasteiger partial charge in [0, 0.05) is 0 Å². The van der Waals surface area contributed by atoms with Crippen molar-refractivity contribution >= 4 is 5.91 Å². The van der Waals surface area contributed by atoms with Crippen LogP contribution in [0.25, 0.3) is 0 Å². The predicted molar refractivity (Wildman–Crippen MR) is 62.0 cm³/mol. The molecule has 3 nitrogen and oxygen atoms in total. The fourth-order valence-corrected chi connectivity index (χ4v) is 2.55. The molecule has 102 valence electrons. The second kappa shape index (κ2) is 4.23. The number of alkyl halides is 2. The lowest BCUT2D eigenvalue weighted by Crippen LogP contribution is -2.35. The molecule has 1 spiro atoms. The highest BCUT2D eigenvalue weighted by molar-refractivity contribution is 5.92. The summed E-state index contributed by atoms with van der Waals surface area (Å²) in [5.41, 5.74) is -0.191. The van der Waals surface area contributed by atoms with Crippen LogP contribution >= 0.6 is 0 Å². The van der Waals surface area contributed by atoms with Crippen LogP contribution < -0.4 is 5.32 Å². The summed E-state index contributed by atoms with van der Waals surface area (Å²) in [7, 11) is 0. The number of hydrogen-bond donors (Lipinski definition) is 1. The van der Waals surface area contributed by atoms with Crippen LogP contribution in [0, 0.1) is 5.82 Å². The summed E-state index contributed by atoms with van der Waals surface area (Å²) in [4.78, 5) is 13.2. The molecule has 1 aromatic carbocycles. The largest absolute Gasteiger partial charge is 0.316 e. The van der Waals surface area contributed by atoms with Gasteiger partial charge in [-0.05, 0) is 30.5 Å². The third-order valence-corrected chi connectivity index (χ3v) is 3.64. The van der Waals surface area contributed by atoms with E-state index in [1.807, 2.05) is 0 Å². The second-order valence-electron chi connectivity index (χ2n) is 5.03. The SMILES string of the molecule is O=C1N(CC(F)F)C(c2cccc(F)c2)NC12CC2. The normalized spacial score (nSPS) is 24.5. The van der Waals surface area contributed by atoms with Gasteiger partial charge in [-0.15, -0.1) is 0 Å². The van der Waals surface area contributed by atoms with Crippen LogP contribution in [-0.2, 0) is 4.79 Å². The van der Waals surface area contributed by atoms with E-state index in [0.717, 1.165) is 4.90 Å². The first kappa shape index (κ1) is 12.5. The van der Waals surface area contributed by atoms with Gasteiger partial charge in [-0.3, -0.25) is 10.1 Å². The molecule has 1 aliphatic carbocycles. The maximum absolute atomic E-state index is 13.2. The van der Waals surface area contributed by atoms with Crippen molar-refractivity contribution in [3.8, 4) is 0 Å². The molecule has 1 unspecified atom stereocenters. The third kappa shape index (κ3) is 2.10. The molecule has 0 aromatic heterocycles. The Labute approximate surface area is 108 Å². The monoisotopic (exact) mass is 270 g/mol. The summed E-state index contributed by atoms with van der Waals surface area (Å²) < 4.78 is 38.4. The van der Waals surface area contributed by atoms with E-state index < -0.39 is 30.5 Å². The zero-order valence-corrected chi connectivity index (χ0v) is 10.1. The maximum atomic E-state index is 13.2. The number of carbonyl (C=O) groups is 1. The van der Waals surface area contributed by atoms with E-state index in [4.69, 9.17) is 0 Å². The van der Waals surface area contributed by atoms with Gasteiger partial charge in [-0.2, -0.15) is 0 Å². The molecule has 2 fully saturated rings. The van der Waals surface area contributed by atoms with Gasteiger partial charge in [0.15, 0.2) is 0 Å². The Kier molecular flexibility index (Phi) is 2.78. The Bertz CT molecular complexity index is 516. The van der Waals surface area contributed by atoms with Gasteiger partial charge in [0.05, 0.1) is 6.54 Å². The highest BCUT2D eigenvalue weighted by Crippen LogP contribution is 2.46. The standard InChI is InChI=1S/C13H13F3N2O/c14-9-3-1-2-8(6-9)11-17-13(4-5-13)12(19)18(11)7-10(15)16/h1-3,6,10-11,17H,4-5,7H2. The number of rotatable bonds is 3. The molecule has 1 saturated heterocycles. The smallest absolute Gasteiger partial charge is 0.255 e. The van der Waals surface area contributed by atoms with Gasteiger partial charge in [0.1, 0.15) is 17.5 Å². The van der Waals surface area contributed by atoms with Crippen molar-refractivity contribution in [3.63, 3.8) is 0 Å². The highest BCUT2D eigenvalue weighted by atomic mass is 19.3. The fourth-order valence-electron chi connectivity index (χ4n) is 2.55. The van der Waals surface area contributed by atoms with Crippen molar-refractivity contribution in [2.45, 2.75) is 31.0 Å². The van der Waals surface area contributed by atoms with Crippen LogP contribution in [0.1, 0.15) is 24.6 Å². The Morgan fingerprint density at radius 1 is 1.42 bits per heavy atom. The summed E-state index contributed by atoms with van der Waals surface area (Å²) in [6.45, 7) is -0.630. The predicted octanol–water partition coefficient (Wildman–Crippen LogP) is 2.05. The molecule has 1 amide bonds. The Balaban J connectivity index is 1.92. The molecular weight excluding hydrogens is 257 g/mol. The first-order valence-electron chi connectivity index (χ1n) is 6.14. The molecule has 1 aliphatic heterocycles. The van der Waals surface area contributed by atoms with E-state index in [2.05, 4.69) is 5.32 Å². The van der Waals surface area contributed by atoms with Gasteiger partial charge < -0.3 is 4.90 Å². The van der Waals surface area contributed by atoms with Crippen LogP contribution in [0.3, 0.4) is 0 Å². The van der Waals surface area contributed by atoms with E-state index in [0.29, 0.717) is 18.4 Å². The van der Waals surface area contributed by atoms with Crippen LogP contribution in [0.5, 0.6) is 0 Å². The lowest BCUT2D eigenvalue weighted by atomic mass is 10.1. The van der Waals surface area contributed by atoms with Crippen molar-refractivity contribution in [1.82, 2.24) is 10.2 Å². The summed E-state index contributed by atoms with van der Waals surface area (Å²) in [5, 5.41) is 3.07. The van der Waals surface area contributed by atoms with Crippen LogP contribution in [0.4, 0.5) is 13.2 Å². The minimum absolute atomic E-state index is 0.304. The number of carbonyl (C=O) groups excluding carboxylic acids is 1. The Morgan fingerprint density at radius 3 is 2.74 bits per heavy atom. The maximum Gasteiger partial charge on any atom is 0.255 e. The van der Waals surface area contributed by atoms with E-state index in [9.17, 15) is 18.0 Å². The highest BCUT2D eigenvalue weighted by Gasteiger charge is 2.59. The van der Waals surface area contributed by atoms with Gasteiger partial charge in [0.2, 0.25) is 5.91 Å². The van der Waals surface area contributed by atoms with Crippen molar-refractivity contribution in [3.05, 3.63) is 35.6 Å². The van der Waals surface area contributed by atoms with Crippen LogP contribution in [0.15, 0.2) is 24.3 Å². The first-order chi connectivity index (χ1) is 9.02. The molecule has 0 radical (unpaired) electrons. The zero-order valence-electron chi connectivity index (χ0n) is 10.1.